The number of carbonyl (C=O) groups is 1. The van der Waals surface area contributed by atoms with Gasteiger partial charge in [-0.3, -0.25) is 9.36 Å². The topological polar surface area (TPSA) is 77.3 Å². The van der Waals surface area contributed by atoms with Gasteiger partial charge in [0, 0.05) is 13.6 Å². The molecule has 0 spiro atoms. The van der Waals surface area contributed by atoms with Gasteiger partial charge in [0.05, 0.1) is 24.1 Å². The highest BCUT2D eigenvalue weighted by Gasteiger charge is 2.19. The van der Waals surface area contributed by atoms with Crippen molar-refractivity contribution in [1.82, 2.24) is 19.7 Å². The summed E-state index contributed by atoms with van der Waals surface area (Å²) in [6.45, 7) is 8.54. The second-order valence-electron chi connectivity index (χ2n) is 6.15. The molecule has 3 heterocycles. The molecule has 3 aromatic rings. The number of nitrogens with zero attached hydrogens (tertiary/aromatic N) is 4. The lowest BCUT2D eigenvalue weighted by molar-refractivity contribution is -0.127. The minimum Gasteiger partial charge on any atom is -0.469 e. The van der Waals surface area contributed by atoms with E-state index in [4.69, 9.17) is 8.83 Å². The summed E-state index contributed by atoms with van der Waals surface area (Å²) in [5, 5.41) is 9.19. The molecule has 142 valence electrons. The highest BCUT2D eigenvalue weighted by atomic mass is 32.2. The number of rotatable bonds is 8. The van der Waals surface area contributed by atoms with Crippen LogP contribution < -0.4 is 0 Å². The van der Waals surface area contributed by atoms with Crippen molar-refractivity contribution in [3.8, 4) is 11.4 Å². The lowest BCUT2D eigenvalue weighted by atomic mass is 10.2. The summed E-state index contributed by atoms with van der Waals surface area (Å²) in [4.78, 5) is 14.1. The molecule has 0 N–H and O–H groups in total. The number of hydrogen-bond acceptors (Lipinski definition) is 6. The van der Waals surface area contributed by atoms with E-state index in [1.807, 2.05) is 36.6 Å². The Morgan fingerprint density at radius 3 is 2.78 bits per heavy atom. The molecule has 0 fully saturated rings. The summed E-state index contributed by atoms with van der Waals surface area (Å²) in [6.07, 6.45) is 3.40. The highest BCUT2D eigenvalue weighted by molar-refractivity contribution is 7.99. The Balaban J connectivity index is 1.68. The maximum atomic E-state index is 12.5. The second-order valence-corrected chi connectivity index (χ2v) is 7.09. The fraction of sp³-hybridized carbons (Fsp3) is 0.316. The Morgan fingerprint density at radius 1 is 1.33 bits per heavy atom. The fourth-order valence-electron chi connectivity index (χ4n) is 2.63. The number of thioether (sulfide) groups is 1. The molecule has 0 aliphatic carbocycles. The number of allylic oxidation sites excluding steroid dienone is 1. The Hall–Kier alpha value is -2.74. The molecule has 0 bridgehead atoms. The van der Waals surface area contributed by atoms with Crippen LogP contribution >= 0.6 is 11.8 Å². The van der Waals surface area contributed by atoms with Crippen molar-refractivity contribution in [2.24, 2.45) is 0 Å². The van der Waals surface area contributed by atoms with E-state index >= 15 is 0 Å². The van der Waals surface area contributed by atoms with Crippen molar-refractivity contribution in [3.63, 3.8) is 0 Å². The maximum absolute atomic E-state index is 12.5. The second kappa shape index (κ2) is 8.30. The third-order valence-corrected chi connectivity index (χ3v) is 5.02. The molecule has 0 aliphatic rings. The molecule has 0 saturated heterocycles. The van der Waals surface area contributed by atoms with E-state index < -0.39 is 0 Å². The molecule has 8 heteroatoms. The van der Waals surface area contributed by atoms with Gasteiger partial charge in [-0.05, 0) is 32.0 Å². The fourth-order valence-corrected chi connectivity index (χ4v) is 3.52. The van der Waals surface area contributed by atoms with Crippen molar-refractivity contribution in [2.45, 2.75) is 32.1 Å². The first-order valence-electron chi connectivity index (χ1n) is 8.50. The van der Waals surface area contributed by atoms with Crippen molar-refractivity contribution < 1.29 is 13.6 Å². The third-order valence-electron chi connectivity index (χ3n) is 4.07. The zero-order valence-corrected chi connectivity index (χ0v) is 16.5. The average molecular weight is 386 g/mol. The standard InChI is InChI=1S/C19H22N4O3S/c1-5-9-23-18(16-8-10-25-14(16)3)20-21-19(23)27-12-17(24)22(4)11-15-7-6-13(2)26-15/h5-8,10H,1,9,11-12H2,2-4H3. The quantitative estimate of drug-likeness (QED) is 0.434. The van der Waals surface area contributed by atoms with Crippen molar-refractivity contribution in [2.75, 3.05) is 12.8 Å². The van der Waals surface area contributed by atoms with Crippen LogP contribution in [0.1, 0.15) is 17.3 Å². The largest absolute Gasteiger partial charge is 0.469 e. The van der Waals surface area contributed by atoms with Crippen LogP contribution in [0.3, 0.4) is 0 Å². The van der Waals surface area contributed by atoms with Gasteiger partial charge in [0.2, 0.25) is 5.91 Å². The molecule has 0 aromatic carbocycles. The number of aromatic nitrogens is 3. The van der Waals surface area contributed by atoms with Crippen LogP contribution in [0.2, 0.25) is 0 Å². The van der Waals surface area contributed by atoms with Crippen molar-refractivity contribution >= 4 is 17.7 Å². The van der Waals surface area contributed by atoms with Gasteiger partial charge in [0.15, 0.2) is 11.0 Å². The minimum atomic E-state index is -0.0109. The van der Waals surface area contributed by atoms with Gasteiger partial charge >= 0.3 is 0 Å². The molecule has 0 atom stereocenters. The molecular weight excluding hydrogens is 364 g/mol. The highest BCUT2D eigenvalue weighted by Crippen LogP contribution is 2.27. The lowest BCUT2D eigenvalue weighted by Gasteiger charge is -2.15. The first kappa shape index (κ1) is 19.0. The van der Waals surface area contributed by atoms with Crippen molar-refractivity contribution in [3.05, 3.63) is 54.4 Å². The van der Waals surface area contributed by atoms with E-state index in [0.717, 1.165) is 22.8 Å². The van der Waals surface area contributed by atoms with Gasteiger partial charge in [0.25, 0.3) is 0 Å². The van der Waals surface area contributed by atoms with E-state index in [0.29, 0.717) is 24.1 Å². The molecule has 0 aliphatic heterocycles. The number of carbonyl (C=O) groups excluding carboxylic acids is 1. The number of furan rings is 2. The predicted octanol–water partition coefficient (Wildman–Crippen LogP) is 3.68. The third kappa shape index (κ3) is 4.33. The Labute approximate surface area is 162 Å². The molecule has 0 saturated carbocycles. The van der Waals surface area contributed by atoms with Gasteiger partial charge < -0.3 is 13.7 Å². The molecule has 3 aromatic heterocycles. The number of aryl methyl sites for hydroxylation is 2. The SMILES string of the molecule is C=CCn1c(SCC(=O)N(C)Cc2ccc(C)o2)nnc1-c1ccoc1C. The van der Waals surface area contributed by atoms with E-state index in [-0.39, 0.29) is 11.7 Å². The summed E-state index contributed by atoms with van der Waals surface area (Å²) in [5.41, 5.74) is 0.882. The molecule has 3 rings (SSSR count). The van der Waals surface area contributed by atoms with E-state index in [1.165, 1.54) is 11.8 Å². The molecule has 1 amide bonds. The Bertz CT molecular complexity index is 941. The smallest absolute Gasteiger partial charge is 0.233 e. The van der Waals surface area contributed by atoms with Crippen LogP contribution in [0.25, 0.3) is 11.4 Å². The first-order chi connectivity index (χ1) is 13.0. The molecule has 0 radical (unpaired) electrons. The zero-order chi connectivity index (χ0) is 19.4. The first-order valence-corrected chi connectivity index (χ1v) is 9.48. The average Bonchev–Trinajstić information content (AvgIpc) is 3.34. The predicted molar refractivity (Wildman–Crippen MR) is 103 cm³/mol. The van der Waals surface area contributed by atoms with Gasteiger partial charge in [0.1, 0.15) is 17.3 Å². The van der Waals surface area contributed by atoms with E-state index in [9.17, 15) is 4.79 Å². The van der Waals surface area contributed by atoms with Crippen LogP contribution in [-0.4, -0.2) is 38.4 Å². The van der Waals surface area contributed by atoms with Gasteiger partial charge in [-0.1, -0.05) is 17.8 Å². The van der Waals surface area contributed by atoms with Gasteiger partial charge in [-0.2, -0.15) is 0 Å². The number of hydrogen-bond donors (Lipinski definition) is 0. The van der Waals surface area contributed by atoms with Crippen LogP contribution in [0.4, 0.5) is 0 Å². The lowest BCUT2D eigenvalue weighted by Crippen LogP contribution is -2.27. The Kier molecular flexibility index (Phi) is 5.85. The monoisotopic (exact) mass is 386 g/mol. The zero-order valence-electron chi connectivity index (χ0n) is 15.6. The summed E-state index contributed by atoms with van der Waals surface area (Å²) in [5.74, 6) is 3.32. The summed E-state index contributed by atoms with van der Waals surface area (Å²) >= 11 is 1.35. The van der Waals surface area contributed by atoms with E-state index in [1.54, 1.807) is 24.3 Å². The van der Waals surface area contributed by atoms with Gasteiger partial charge in [-0.25, -0.2) is 0 Å². The molecule has 27 heavy (non-hydrogen) atoms. The number of amides is 1. The van der Waals surface area contributed by atoms with Crippen LogP contribution in [0.5, 0.6) is 0 Å². The molecule has 7 nitrogen and oxygen atoms in total. The summed E-state index contributed by atoms with van der Waals surface area (Å²) in [7, 11) is 1.76. The van der Waals surface area contributed by atoms with Crippen LogP contribution in [-0.2, 0) is 17.9 Å². The van der Waals surface area contributed by atoms with E-state index in [2.05, 4.69) is 16.8 Å². The van der Waals surface area contributed by atoms with Gasteiger partial charge in [-0.15, -0.1) is 16.8 Å². The van der Waals surface area contributed by atoms with Crippen LogP contribution in [0.15, 0.2) is 51.1 Å². The normalized spacial score (nSPS) is 10.9. The minimum absolute atomic E-state index is 0.0109. The maximum Gasteiger partial charge on any atom is 0.233 e. The molecule has 0 unspecified atom stereocenters. The molecular formula is C19H22N4O3S. The summed E-state index contributed by atoms with van der Waals surface area (Å²) < 4.78 is 12.8. The van der Waals surface area contributed by atoms with Crippen LogP contribution in [0, 0.1) is 13.8 Å². The summed E-state index contributed by atoms with van der Waals surface area (Å²) in [6, 6.07) is 5.63. The van der Waals surface area contributed by atoms with Crippen molar-refractivity contribution in [1.29, 1.82) is 0 Å². The Morgan fingerprint density at radius 2 is 2.15 bits per heavy atom.